The lowest BCUT2D eigenvalue weighted by Gasteiger charge is -2.31. The number of nitrogens with one attached hydrogen (secondary N) is 1. The van der Waals surface area contributed by atoms with Crippen molar-refractivity contribution in [2.75, 3.05) is 50.7 Å². The highest BCUT2D eigenvalue weighted by atomic mass is 35.5. The topological polar surface area (TPSA) is 72.9 Å². The van der Waals surface area contributed by atoms with Crippen LogP contribution in [0.1, 0.15) is 10.5 Å². The quantitative estimate of drug-likeness (QED) is 0.582. The van der Waals surface area contributed by atoms with Crippen molar-refractivity contribution in [2.45, 2.75) is 0 Å². The number of halogens is 1. The summed E-state index contributed by atoms with van der Waals surface area (Å²) < 4.78 is 16.3. The van der Waals surface area contributed by atoms with E-state index in [1.165, 1.54) is 11.3 Å². The molecule has 1 aliphatic rings. The second kappa shape index (κ2) is 9.55. The van der Waals surface area contributed by atoms with Gasteiger partial charge in [0.05, 0.1) is 49.4 Å². The monoisotopic (exact) mass is 459 g/mol. The van der Waals surface area contributed by atoms with Gasteiger partial charge in [0.2, 0.25) is 0 Å². The summed E-state index contributed by atoms with van der Waals surface area (Å²) in [4.78, 5) is 19.6. The van der Waals surface area contributed by atoms with E-state index in [1.54, 1.807) is 19.6 Å². The van der Waals surface area contributed by atoms with Crippen molar-refractivity contribution in [3.8, 4) is 22.1 Å². The van der Waals surface area contributed by atoms with Crippen LogP contribution in [-0.4, -0.2) is 51.4 Å². The van der Waals surface area contributed by atoms with Gasteiger partial charge in [-0.1, -0.05) is 23.7 Å². The standard InChI is InChI=1S/C22H22ClN3O4S/c1-28-18-8-3-5-14(20(18)29-2)22-25-17(13-31-22)21(27)24-16-7-4-6-15(23)19(16)26-9-11-30-12-10-26/h3-8,13H,9-12H2,1-2H3,(H,24,27). The highest BCUT2D eigenvalue weighted by Crippen LogP contribution is 2.39. The van der Waals surface area contributed by atoms with Gasteiger partial charge in [-0.2, -0.15) is 0 Å². The molecular formula is C22H22ClN3O4S. The number of hydrogen-bond donors (Lipinski definition) is 1. The predicted octanol–water partition coefficient (Wildman–Crippen LogP) is 4.57. The molecule has 3 aromatic rings. The number of hydrogen-bond acceptors (Lipinski definition) is 7. The molecule has 1 saturated heterocycles. The average molecular weight is 460 g/mol. The van der Waals surface area contributed by atoms with Crippen molar-refractivity contribution in [1.82, 2.24) is 4.98 Å². The van der Waals surface area contributed by atoms with Crippen LogP contribution < -0.4 is 19.7 Å². The Bertz CT molecular complexity index is 1080. The van der Waals surface area contributed by atoms with E-state index >= 15 is 0 Å². The molecule has 0 spiro atoms. The molecule has 1 amide bonds. The Balaban J connectivity index is 1.59. The lowest BCUT2D eigenvalue weighted by atomic mass is 10.2. The van der Waals surface area contributed by atoms with Crippen LogP contribution in [0.2, 0.25) is 5.02 Å². The number of carbonyl (C=O) groups is 1. The Morgan fingerprint density at radius 2 is 1.94 bits per heavy atom. The number of para-hydroxylation sites is 2. The molecule has 2 heterocycles. The molecule has 4 rings (SSSR count). The maximum absolute atomic E-state index is 13.0. The van der Waals surface area contributed by atoms with E-state index in [1.807, 2.05) is 36.4 Å². The second-order valence-electron chi connectivity index (χ2n) is 6.77. The predicted molar refractivity (Wildman–Crippen MR) is 123 cm³/mol. The number of amides is 1. The first-order valence-corrected chi connectivity index (χ1v) is 11.0. The van der Waals surface area contributed by atoms with Gasteiger partial charge in [0.15, 0.2) is 11.5 Å². The van der Waals surface area contributed by atoms with Crippen LogP contribution in [0.5, 0.6) is 11.5 Å². The first-order valence-electron chi connectivity index (χ1n) is 9.72. The number of anilines is 2. The first kappa shape index (κ1) is 21.4. The highest BCUT2D eigenvalue weighted by Gasteiger charge is 2.21. The number of benzene rings is 2. The lowest BCUT2D eigenvalue weighted by molar-refractivity contribution is 0.102. The second-order valence-corrected chi connectivity index (χ2v) is 8.03. The Morgan fingerprint density at radius 1 is 1.16 bits per heavy atom. The summed E-state index contributed by atoms with van der Waals surface area (Å²) >= 11 is 7.83. The van der Waals surface area contributed by atoms with Gasteiger partial charge in [-0.15, -0.1) is 11.3 Å². The molecule has 7 nitrogen and oxygen atoms in total. The summed E-state index contributed by atoms with van der Waals surface area (Å²) in [5.41, 5.74) is 2.53. The molecule has 31 heavy (non-hydrogen) atoms. The lowest BCUT2D eigenvalue weighted by Crippen LogP contribution is -2.37. The fraction of sp³-hybridized carbons (Fsp3) is 0.273. The molecule has 9 heteroatoms. The number of aromatic nitrogens is 1. The Kier molecular flexibility index (Phi) is 6.60. The molecule has 162 valence electrons. The summed E-state index contributed by atoms with van der Waals surface area (Å²) in [7, 11) is 3.16. The molecule has 0 radical (unpaired) electrons. The van der Waals surface area contributed by atoms with Crippen LogP contribution in [-0.2, 0) is 4.74 Å². The van der Waals surface area contributed by atoms with Crippen molar-refractivity contribution in [3.63, 3.8) is 0 Å². The first-order chi connectivity index (χ1) is 15.1. The van der Waals surface area contributed by atoms with Crippen LogP contribution in [0.25, 0.3) is 10.6 Å². The molecule has 0 bridgehead atoms. The van der Waals surface area contributed by atoms with Crippen molar-refractivity contribution >= 4 is 40.2 Å². The van der Waals surface area contributed by atoms with Crippen LogP contribution in [0.4, 0.5) is 11.4 Å². The average Bonchev–Trinajstić information content (AvgIpc) is 3.29. The number of rotatable bonds is 6. The third-order valence-corrected chi connectivity index (χ3v) is 6.11. The third kappa shape index (κ3) is 4.46. The third-order valence-electron chi connectivity index (χ3n) is 4.93. The number of methoxy groups -OCH3 is 2. The summed E-state index contributed by atoms with van der Waals surface area (Å²) in [6.07, 6.45) is 0. The Labute approximate surface area is 189 Å². The number of nitrogens with zero attached hydrogens (tertiary/aromatic N) is 2. The van der Waals surface area contributed by atoms with Gasteiger partial charge in [0, 0.05) is 18.5 Å². The normalized spacial score (nSPS) is 13.7. The van der Waals surface area contributed by atoms with E-state index in [9.17, 15) is 4.79 Å². The fourth-order valence-electron chi connectivity index (χ4n) is 3.47. The molecular weight excluding hydrogens is 438 g/mol. The molecule has 2 aromatic carbocycles. The minimum Gasteiger partial charge on any atom is -0.493 e. The highest BCUT2D eigenvalue weighted by molar-refractivity contribution is 7.13. The molecule has 0 aliphatic carbocycles. The van der Waals surface area contributed by atoms with Gasteiger partial charge in [-0.3, -0.25) is 4.79 Å². The molecule has 1 aliphatic heterocycles. The zero-order chi connectivity index (χ0) is 21.8. The van der Waals surface area contributed by atoms with E-state index < -0.39 is 0 Å². The van der Waals surface area contributed by atoms with E-state index in [4.69, 9.17) is 25.8 Å². The van der Waals surface area contributed by atoms with E-state index in [0.29, 0.717) is 59.2 Å². The maximum Gasteiger partial charge on any atom is 0.275 e. The summed E-state index contributed by atoms with van der Waals surface area (Å²) in [5.74, 6) is 0.882. The molecule has 0 atom stereocenters. The van der Waals surface area contributed by atoms with Gasteiger partial charge >= 0.3 is 0 Å². The van der Waals surface area contributed by atoms with E-state index in [-0.39, 0.29) is 5.91 Å². The largest absolute Gasteiger partial charge is 0.493 e. The van der Waals surface area contributed by atoms with Crippen molar-refractivity contribution in [1.29, 1.82) is 0 Å². The summed E-state index contributed by atoms with van der Waals surface area (Å²) in [6.45, 7) is 2.67. The van der Waals surface area contributed by atoms with Crippen LogP contribution >= 0.6 is 22.9 Å². The van der Waals surface area contributed by atoms with Crippen LogP contribution in [0.15, 0.2) is 41.8 Å². The fourth-order valence-corrected chi connectivity index (χ4v) is 4.58. The van der Waals surface area contributed by atoms with Crippen molar-refractivity contribution < 1.29 is 19.0 Å². The number of ether oxygens (including phenoxy) is 3. The summed E-state index contributed by atoms with van der Waals surface area (Å²) in [6, 6.07) is 11.0. The maximum atomic E-state index is 13.0. The molecule has 1 fully saturated rings. The zero-order valence-corrected chi connectivity index (χ0v) is 18.8. The molecule has 0 unspecified atom stereocenters. The van der Waals surface area contributed by atoms with Crippen molar-refractivity contribution in [2.24, 2.45) is 0 Å². The Hall–Kier alpha value is -2.81. The van der Waals surface area contributed by atoms with Crippen molar-refractivity contribution in [3.05, 3.63) is 52.5 Å². The van der Waals surface area contributed by atoms with Gasteiger partial charge < -0.3 is 24.4 Å². The van der Waals surface area contributed by atoms with Gasteiger partial charge in [0.1, 0.15) is 10.7 Å². The number of thiazole rings is 1. The van der Waals surface area contributed by atoms with Gasteiger partial charge in [0.25, 0.3) is 5.91 Å². The molecule has 1 N–H and O–H groups in total. The molecule has 0 saturated carbocycles. The SMILES string of the molecule is COc1cccc(-c2nc(C(=O)Nc3cccc(Cl)c3N3CCOCC3)cs2)c1OC. The Morgan fingerprint density at radius 3 is 2.68 bits per heavy atom. The van der Waals surface area contributed by atoms with Crippen LogP contribution in [0.3, 0.4) is 0 Å². The van der Waals surface area contributed by atoms with E-state index in [2.05, 4.69) is 15.2 Å². The van der Waals surface area contributed by atoms with Gasteiger partial charge in [-0.05, 0) is 24.3 Å². The smallest absolute Gasteiger partial charge is 0.275 e. The van der Waals surface area contributed by atoms with Gasteiger partial charge in [-0.25, -0.2) is 4.98 Å². The summed E-state index contributed by atoms with van der Waals surface area (Å²) in [5, 5.41) is 5.94. The minimum absolute atomic E-state index is 0.305. The number of carbonyl (C=O) groups excluding carboxylic acids is 1. The minimum atomic E-state index is -0.305. The van der Waals surface area contributed by atoms with E-state index in [0.717, 1.165) is 11.3 Å². The van der Waals surface area contributed by atoms with Crippen LogP contribution in [0, 0.1) is 0 Å². The zero-order valence-electron chi connectivity index (χ0n) is 17.2. The molecule has 1 aromatic heterocycles. The number of morpholine rings is 1.